The Hall–Kier alpha value is -0.530. The van der Waals surface area contributed by atoms with Crippen LogP contribution < -0.4 is 0 Å². The van der Waals surface area contributed by atoms with Crippen molar-refractivity contribution in [3.8, 4) is 6.07 Å². The quantitative estimate of drug-likeness (QED) is 0.257. The van der Waals surface area contributed by atoms with Crippen molar-refractivity contribution < 1.29 is 5.11 Å². The molecule has 1 unspecified atom stereocenters. The predicted octanol–water partition coefficient (Wildman–Crippen LogP) is 6.86. The second-order valence-corrected chi connectivity index (χ2v) is 7.66. The van der Waals surface area contributed by atoms with E-state index in [1.165, 1.54) is 57.8 Å². The van der Waals surface area contributed by atoms with Crippen molar-refractivity contribution in [2.75, 3.05) is 0 Å². The van der Waals surface area contributed by atoms with E-state index in [1.807, 2.05) is 6.92 Å². The first-order chi connectivity index (χ1) is 11.0. The lowest BCUT2D eigenvalue weighted by molar-refractivity contribution is 0.501. The summed E-state index contributed by atoms with van der Waals surface area (Å²) in [5, 5.41) is 18.5. The van der Waals surface area contributed by atoms with Crippen LogP contribution in [0, 0.1) is 16.7 Å². The maximum atomic E-state index is 9.37. The minimum absolute atomic E-state index is 0.0341. The average molecular weight is 356 g/mol. The van der Waals surface area contributed by atoms with Gasteiger partial charge in [0.2, 0.25) is 0 Å². The molecule has 0 aliphatic carbocycles. The third-order valence-corrected chi connectivity index (χ3v) is 5.32. The molecular formula is C19H33NOS2. The SMILES string of the molecule is CCCCCCCCCCCCC(=S)C(C)(C#N)CCC(O)=S. The topological polar surface area (TPSA) is 44.0 Å². The van der Waals surface area contributed by atoms with Gasteiger partial charge in [-0.25, -0.2) is 0 Å². The second-order valence-electron chi connectivity index (χ2n) is 6.69. The molecule has 0 aliphatic heterocycles. The molecule has 0 aromatic rings. The lowest BCUT2D eigenvalue weighted by atomic mass is 9.81. The number of aliphatic hydroxyl groups excluding tert-OH is 1. The molecule has 0 bridgehead atoms. The highest BCUT2D eigenvalue weighted by Gasteiger charge is 2.28. The average Bonchev–Trinajstić information content (AvgIpc) is 2.54. The summed E-state index contributed by atoms with van der Waals surface area (Å²) < 4.78 is 0. The summed E-state index contributed by atoms with van der Waals surface area (Å²) in [6.45, 7) is 4.11. The largest absolute Gasteiger partial charge is 0.502 e. The van der Waals surface area contributed by atoms with Crippen LogP contribution in [0.4, 0.5) is 0 Å². The van der Waals surface area contributed by atoms with Gasteiger partial charge in [0.25, 0.3) is 0 Å². The highest BCUT2D eigenvalue weighted by molar-refractivity contribution is 7.80. The van der Waals surface area contributed by atoms with E-state index in [1.54, 1.807) is 0 Å². The molecule has 1 atom stereocenters. The number of nitrogens with zero attached hydrogens (tertiary/aromatic N) is 1. The summed E-state index contributed by atoms with van der Waals surface area (Å²) in [6, 6.07) is 2.31. The van der Waals surface area contributed by atoms with Crippen molar-refractivity contribution in [2.24, 2.45) is 5.41 Å². The Morgan fingerprint density at radius 2 is 1.39 bits per heavy atom. The van der Waals surface area contributed by atoms with Crippen LogP contribution in [0.15, 0.2) is 0 Å². The lowest BCUT2D eigenvalue weighted by Crippen LogP contribution is -2.25. The fourth-order valence-electron chi connectivity index (χ4n) is 2.66. The molecule has 2 nitrogen and oxygen atoms in total. The lowest BCUT2D eigenvalue weighted by Gasteiger charge is -2.22. The summed E-state index contributed by atoms with van der Waals surface area (Å²) in [7, 11) is 0. The summed E-state index contributed by atoms with van der Waals surface area (Å²) in [6.07, 6.45) is 14.7. The first kappa shape index (κ1) is 22.5. The van der Waals surface area contributed by atoms with Crippen molar-refractivity contribution in [3.05, 3.63) is 0 Å². The molecule has 0 saturated heterocycles. The zero-order valence-corrected chi connectivity index (χ0v) is 16.5. The molecule has 0 rings (SSSR count). The number of hydrogen-bond acceptors (Lipinski definition) is 3. The van der Waals surface area contributed by atoms with Crippen molar-refractivity contribution in [1.82, 2.24) is 0 Å². The van der Waals surface area contributed by atoms with Gasteiger partial charge in [0, 0.05) is 11.3 Å². The Kier molecular flexibility index (Phi) is 13.5. The molecule has 0 fully saturated rings. The van der Waals surface area contributed by atoms with Crippen molar-refractivity contribution in [3.63, 3.8) is 0 Å². The van der Waals surface area contributed by atoms with Gasteiger partial charge < -0.3 is 5.11 Å². The number of unbranched alkanes of at least 4 members (excludes halogenated alkanes) is 9. The van der Waals surface area contributed by atoms with Gasteiger partial charge in [0.15, 0.2) is 5.05 Å². The highest BCUT2D eigenvalue weighted by Crippen LogP contribution is 2.28. The molecule has 132 valence electrons. The number of aliphatic hydroxyl groups is 1. The van der Waals surface area contributed by atoms with Gasteiger partial charge in [-0.15, -0.1) is 0 Å². The minimum Gasteiger partial charge on any atom is -0.502 e. The van der Waals surface area contributed by atoms with Crippen molar-refractivity contribution in [2.45, 2.75) is 97.3 Å². The van der Waals surface area contributed by atoms with Crippen LogP contribution in [0.1, 0.15) is 97.3 Å². The van der Waals surface area contributed by atoms with Crippen LogP contribution in [0.25, 0.3) is 0 Å². The molecule has 0 spiro atoms. The summed E-state index contributed by atoms with van der Waals surface area (Å²) in [4.78, 5) is 0.816. The highest BCUT2D eigenvalue weighted by atomic mass is 32.1. The van der Waals surface area contributed by atoms with E-state index in [2.05, 4.69) is 25.2 Å². The predicted molar refractivity (Wildman–Crippen MR) is 107 cm³/mol. The maximum absolute atomic E-state index is 9.37. The number of hydrogen-bond donors (Lipinski definition) is 1. The standard InChI is InChI=1S/C19H33NOS2/c1-3-4-5-6-7-8-9-10-11-12-13-17(22)19(2,16-20)15-14-18(21)23/h3-15H2,1-2H3,(H,21,23). The molecular weight excluding hydrogens is 322 g/mol. The summed E-state index contributed by atoms with van der Waals surface area (Å²) in [5.41, 5.74) is -0.637. The zero-order valence-electron chi connectivity index (χ0n) is 14.9. The van der Waals surface area contributed by atoms with E-state index in [0.29, 0.717) is 12.8 Å². The number of thiocarbonyl (C=S) groups is 2. The van der Waals surface area contributed by atoms with Crippen LogP contribution in [-0.4, -0.2) is 15.0 Å². The molecule has 0 radical (unpaired) electrons. The molecule has 0 amide bonds. The second kappa shape index (κ2) is 13.9. The maximum Gasteiger partial charge on any atom is 0.156 e. The summed E-state index contributed by atoms with van der Waals surface area (Å²) in [5.74, 6) is 0. The minimum atomic E-state index is -0.637. The third-order valence-electron chi connectivity index (χ3n) is 4.46. The van der Waals surface area contributed by atoms with Gasteiger partial charge in [-0.05, 0) is 38.4 Å². The van der Waals surface area contributed by atoms with E-state index in [4.69, 9.17) is 17.3 Å². The molecule has 23 heavy (non-hydrogen) atoms. The Labute approximate surface area is 153 Å². The van der Waals surface area contributed by atoms with E-state index < -0.39 is 5.41 Å². The van der Waals surface area contributed by atoms with Gasteiger partial charge >= 0.3 is 0 Å². The van der Waals surface area contributed by atoms with Gasteiger partial charge in [0.05, 0.1) is 11.5 Å². The van der Waals surface area contributed by atoms with Gasteiger partial charge in [-0.1, -0.05) is 76.9 Å². The van der Waals surface area contributed by atoms with Crippen molar-refractivity contribution in [1.29, 1.82) is 5.26 Å². The smallest absolute Gasteiger partial charge is 0.156 e. The van der Waals surface area contributed by atoms with Gasteiger partial charge in [-0.2, -0.15) is 5.26 Å². The van der Waals surface area contributed by atoms with Crippen LogP contribution in [0.2, 0.25) is 0 Å². The molecule has 1 N–H and O–H groups in total. The van der Waals surface area contributed by atoms with E-state index in [0.717, 1.165) is 17.7 Å². The number of rotatable bonds is 15. The fourth-order valence-corrected chi connectivity index (χ4v) is 3.06. The first-order valence-corrected chi connectivity index (χ1v) is 9.94. The third kappa shape index (κ3) is 11.6. The fraction of sp³-hybridized carbons (Fsp3) is 0.842. The molecule has 4 heteroatoms. The molecule has 0 heterocycles. The van der Waals surface area contributed by atoms with Crippen molar-refractivity contribution >= 4 is 34.4 Å². The summed E-state index contributed by atoms with van der Waals surface area (Å²) >= 11 is 10.1. The Balaban J connectivity index is 3.72. The van der Waals surface area contributed by atoms with E-state index in [-0.39, 0.29) is 5.05 Å². The van der Waals surface area contributed by atoms with Crippen LogP contribution >= 0.6 is 24.4 Å². The van der Waals surface area contributed by atoms with Gasteiger partial charge in [0.1, 0.15) is 0 Å². The molecule has 0 aromatic heterocycles. The normalized spacial score (nSPS) is 13.3. The Morgan fingerprint density at radius 1 is 0.913 bits per heavy atom. The molecule has 0 aliphatic rings. The first-order valence-electron chi connectivity index (χ1n) is 9.12. The van der Waals surface area contributed by atoms with Crippen LogP contribution in [0.5, 0.6) is 0 Å². The number of nitriles is 1. The monoisotopic (exact) mass is 355 g/mol. The molecule has 0 aromatic carbocycles. The van der Waals surface area contributed by atoms with E-state index in [9.17, 15) is 5.26 Å². The van der Waals surface area contributed by atoms with Crippen LogP contribution in [0.3, 0.4) is 0 Å². The van der Waals surface area contributed by atoms with Gasteiger partial charge in [-0.3, -0.25) is 0 Å². The van der Waals surface area contributed by atoms with Crippen LogP contribution in [-0.2, 0) is 0 Å². The molecule has 0 saturated carbocycles. The Morgan fingerprint density at radius 3 is 1.83 bits per heavy atom. The zero-order chi connectivity index (χ0) is 17.6. The Bertz CT molecular complexity index is 389. The van der Waals surface area contributed by atoms with E-state index >= 15 is 0 Å².